The van der Waals surface area contributed by atoms with Gasteiger partial charge in [-0.2, -0.15) is 0 Å². The van der Waals surface area contributed by atoms with Gasteiger partial charge in [-0.3, -0.25) is 9.20 Å². The molecule has 0 aliphatic heterocycles. The first kappa shape index (κ1) is 16.0. The van der Waals surface area contributed by atoms with Crippen molar-refractivity contribution in [1.29, 1.82) is 0 Å². The van der Waals surface area contributed by atoms with E-state index in [0.29, 0.717) is 24.2 Å². The third kappa shape index (κ3) is 2.80. The van der Waals surface area contributed by atoms with Crippen molar-refractivity contribution in [2.24, 2.45) is 0 Å². The predicted molar refractivity (Wildman–Crippen MR) is 94.9 cm³/mol. The number of carbonyl (C=O) groups is 1. The number of fused-ring (bicyclic) bond motifs is 1. The minimum absolute atomic E-state index is 0.0129. The van der Waals surface area contributed by atoms with E-state index in [0.717, 1.165) is 42.2 Å². The fraction of sp³-hybridized carbons (Fsp3) is 0.529. The number of aliphatic hydroxyl groups is 1. The highest BCUT2D eigenvalue weighted by Gasteiger charge is 2.38. The highest BCUT2D eigenvalue weighted by Crippen LogP contribution is 2.42. The maximum absolute atomic E-state index is 12.3. The summed E-state index contributed by atoms with van der Waals surface area (Å²) in [7, 11) is 0. The predicted octanol–water partition coefficient (Wildman–Crippen LogP) is 1.42. The Balaban J connectivity index is 1.18. The van der Waals surface area contributed by atoms with Crippen LogP contribution in [0.4, 0.5) is 0 Å². The zero-order valence-corrected chi connectivity index (χ0v) is 15.0. The molecule has 136 valence electrons. The van der Waals surface area contributed by atoms with E-state index >= 15 is 0 Å². The summed E-state index contributed by atoms with van der Waals surface area (Å²) >= 11 is 1.56. The second-order valence-corrected chi connectivity index (χ2v) is 8.04. The molecule has 2 N–H and O–H groups in total. The van der Waals surface area contributed by atoms with Crippen LogP contribution in [0, 0.1) is 0 Å². The van der Waals surface area contributed by atoms with E-state index < -0.39 is 0 Å². The number of hydrogen-bond acceptors (Lipinski definition) is 6. The second-order valence-electron chi connectivity index (χ2n) is 7.17. The molecule has 2 aliphatic rings. The van der Waals surface area contributed by atoms with Gasteiger partial charge in [0.1, 0.15) is 12.4 Å². The van der Waals surface area contributed by atoms with Crippen LogP contribution < -0.4 is 5.32 Å². The van der Waals surface area contributed by atoms with Crippen molar-refractivity contribution in [2.45, 2.75) is 56.7 Å². The van der Waals surface area contributed by atoms with Crippen molar-refractivity contribution < 1.29 is 9.90 Å². The molecule has 2 saturated carbocycles. The van der Waals surface area contributed by atoms with Crippen LogP contribution >= 0.6 is 11.3 Å². The lowest BCUT2D eigenvalue weighted by molar-refractivity contribution is -0.121. The summed E-state index contributed by atoms with van der Waals surface area (Å²) in [5, 5.41) is 22.9. The van der Waals surface area contributed by atoms with Crippen molar-refractivity contribution in [2.75, 3.05) is 0 Å². The second kappa shape index (κ2) is 6.17. The summed E-state index contributed by atoms with van der Waals surface area (Å²) in [5.74, 6) is 1.96. The van der Waals surface area contributed by atoms with Crippen LogP contribution in [0.15, 0.2) is 17.8 Å². The number of thiazole rings is 1. The molecule has 8 nitrogen and oxygen atoms in total. The lowest BCUT2D eigenvalue weighted by atomic mass is 9.79. The highest BCUT2D eigenvalue weighted by molar-refractivity contribution is 7.15. The van der Waals surface area contributed by atoms with Crippen LogP contribution in [-0.4, -0.2) is 41.2 Å². The van der Waals surface area contributed by atoms with Crippen molar-refractivity contribution in [3.63, 3.8) is 0 Å². The first-order valence-corrected chi connectivity index (χ1v) is 9.84. The standard InChI is InChI=1S/C17H20N6O2S/c24-9-14-20-21-16(23(14)13-1-2-13)10-5-11(6-10)18-15(25)7-12-8-22-3-4-26-17(22)19-12/h3-4,8,10-11,13,24H,1-2,5-7,9H2,(H,18,25). The Morgan fingerprint density at radius 1 is 1.35 bits per heavy atom. The van der Waals surface area contributed by atoms with Gasteiger partial charge in [0.15, 0.2) is 10.8 Å². The Morgan fingerprint density at radius 3 is 2.92 bits per heavy atom. The molecule has 0 bridgehead atoms. The molecule has 3 aromatic rings. The van der Waals surface area contributed by atoms with Crippen LogP contribution in [0.1, 0.15) is 55.0 Å². The topological polar surface area (TPSA) is 97.3 Å². The normalized spacial score (nSPS) is 22.5. The SMILES string of the molecule is O=C(Cc1cn2ccsc2n1)NC1CC(c2nnc(CO)n2C2CC2)C1. The summed E-state index contributed by atoms with van der Waals surface area (Å²) in [6.07, 6.45) is 8.17. The fourth-order valence-corrected chi connectivity index (χ4v) is 4.42. The third-order valence-corrected chi connectivity index (χ3v) is 5.97. The summed E-state index contributed by atoms with van der Waals surface area (Å²) in [6, 6.07) is 0.628. The van der Waals surface area contributed by atoms with E-state index in [1.807, 2.05) is 22.2 Å². The zero-order chi connectivity index (χ0) is 17.7. The molecule has 2 aliphatic carbocycles. The Morgan fingerprint density at radius 2 is 2.19 bits per heavy atom. The van der Waals surface area contributed by atoms with Gasteiger partial charge >= 0.3 is 0 Å². The molecule has 0 atom stereocenters. The average Bonchev–Trinajstić information content (AvgIpc) is 3.00. The van der Waals surface area contributed by atoms with Gasteiger partial charge in [-0.05, 0) is 25.7 Å². The Hall–Kier alpha value is -2.26. The highest BCUT2D eigenvalue weighted by atomic mass is 32.1. The molecule has 0 spiro atoms. The van der Waals surface area contributed by atoms with Crippen molar-refractivity contribution in [3.8, 4) is 0 Å². The molecule has 0 radical (unpaired) electrons. The maximum Gasteiger partial charge on any atom is 0.226 e. The van der Waals surface area contributed by atoms with Gasteiger partial charge in [0.05, 0.1) is 12.1 Å². The third-order valence-electron chi connectivity index (χ3n) is 5.20. The molecule has 5 rings (SSSR count). The fourth-order valence-electron chi connectivity index (χ4n) is 3.71. The molecular formula is C17H20N6O2S. The number of hydrogen-bond donors (Lipinski definition) is 2. The molecule has 1 amide bonds. The average molecular weight is 372 g/mol. The molecular weight excluding hydrogens is 352 g/mol. The molecule has 9 heteroatoms. The Bertz CT molecular complexity index is 921. The van der Waals surface area contributed by atoms with E-state index in [2.05, 4.69) is 25.1 Å². The van der Waals surface area contributed by atoms with Crippen LogP contribution in [0.5, 0.6) is 0 Å². The number of aliphatic hydroxyl groups excluding tert-OH is 1. The number of nitrogens with one attached hydrogen (secondary N) is 1. The molecule has 0 saturated heterocycles. The summed E-state index contributed by atoms with van der Waals surface area (Å²) in [6.45, 7) is -0.0709. The van der Waals surface area contributed by atoms with Gasteiger partial charge < -0.3 is 15.0 Å². The Kier molecular flexibility index (Phi) is 3.79. The van der Waals surface area contributed by atoms with Crippen LogP contribution in [0.25, 0.3) is 4.96 Å². The number of nitrogens with zero attached hydrogens (tertiary/aromatic N) is 5. The van der Waals surface area contributed by atoms with Gasteiger partial charge in [-0.15, -0.1) is 21.5 Å². The molecule has 0 aromatic carbocycles. The molecule has 3 heterocycles. The van der Waals surface area contributed by atoms with Gasteiger partial charge in [-0.25, -0.2) is 4.98 Å². The van der Waals surface area contributed by atoms with Gasteiger partial charge in [0, 0.05) is 35.8 Å². The minimum Gasteiger partial charge on any atom is -0.388 e. The first-order chi connectivity index (χ1) is 12.7. The monoisotopic (exact) mass is 372 g/mol. The molecule has 3 aromatic heterocycles. The number of carbonyl (C=O) groups excluding carboxylic acids is 1. The van der Waals surface area contributed by atoms with E-state index in [9.17, 15) is 9.90 Å². The van der Waals surface area contributed by atoms with E-state index in [-0.39, 0.29) is 18.6 Å². The van der Waals surface area contributed by atoms with Gasteiger partial charge in [-0.1, -0.05) is 0 Å². The quantitative estimate of drug-likeness (QED) is 0.682. The minimum atomic E-state index is -0.0709. The molecule has 0 unspecified atom stereocenters. The van der Waals surface area contributed by atoms with Gasteiger partial charge in [0.25, 0.3) is 0 Å². The number of imidazole rings is 1. The molecule has 2 fully saturated rings. The van der Waals surface area contributed by atoms with Crippen LogP contribution in [-0.2, 0) is 17.8 Å². The lowest BCUT2D eigenvalue weighted by Gasteiger charge is -2.35. The van der Waals surface area contributed by atoms with E-state index in [1.165, 1.54) is 0 Å². The Labute approximate surface area is 153 Å². The van der Waals surface area contributed by atoms with Crippen LogP contribution in [0.3, 0.4) is 0 Å². The van der Waals surface area contributed by atoms with Crippen molar-refractivity contribution in [3.05, 3.63) is 35.1 Å². The summed E-state index contributed by atoms with van der Waals surface area (Å²) in [5.41, 5.74) is 0.797. The number of rotatable bonds is 6. The van der Waals surface area contributed by atoms with Gasteiger partial charge in [0.2, 0.25) is 5.91 Å². The van der Waals surface area contributed by atoms with Crippen molar-refractivity contribution in [1.82, 2.24) is 29.5 Å². The zero-order valence-electron chi connectivity index (χ0n) is 14.2. The van der Waals surface area contributed by atoms with Crippen LogP contribution in [0.2, 0.25) is 0 Å². The number of amides is 1. The first-order valence-electron chi connectivity index (χ1n) is 8.96. The summed E-state index contributed by atoms with van der Waals surface area (Å²) in [4.78, 5) is 17.6. The molecule has 26 heavy (non-hydrogen) atoms. The summed E-state index contributed by atoms with van der Waals surface area (Å²) < 4.78 is 4.05. The number of aromatic nitrogens is 5. The lowest BCUT2D eigenvalue weighted by Crippen LogP contribution is -2.44. The van der Waals surface area contributed by atoms with E-state index in [1.54, 1.807) is 11.3 Å². The van der Waals surface area contributed by atoms with E-state index in [4.69, 9.17) is 0 Å². The largest absolute Gasteiger partial charge is 0.388 e. The smallest absolute Gasteiger partial charge is 0.226 e. The van der Waals surface area contributed by atoms with Crippen molar-refractivity contribution >= 4 is 22.2 Å². The maximum atomic E-state index is 12.3.